The van der Waals surface area contributed by atoms with Crippen LogP contribution in [0.2, 0.25) is 0 Å². The van der Waals surface area contributed by atoms with Crippen molar-refractivity contribution in [3.8, 4) is 0 Å². The predicted octanol–water partition coefficient (Wildman–Crippen LogP) is -0.168. The summed E-state index contributed by atoms with van der Waals surface area (Å²) in [6, 6.07) is 0. The largest absolute Gasteiger partial charge is 0.476 e. The first-order valence-electron chi connectivity index (χ1n) is 4.16. The SMILES string of the molecule is CCON=C(N)c1cncc(C(=O)O)n1. The summed E-state index contributed by atoms with van der Waals surface area (Å²) in [6.45, 7) is 2.11. The molecule has 0 saturated heterocycles. The molecule has 1 aromatic rings. The van der Waals surface area contributed by atoms with Gasteiger partial charge < -0.3 is 15.7 Å². The topological polar surface area (TPSA) is 111 Å². The Morgan fingerprint density at radius 3 is 2.87 bits per heavy atom. The number of aromatic carboxylic acids is 1. The van der Waals surface area contributed by atoms with Gasteiger partial charge in [-0.15, -0.1) is 0 Å². The van der Waals surface area contributed by atoms with Crippen LogP contribution >= 0.6 is 0 Å². The Morgan fingerprint density at radius 1 is 1.60 bits per heavy atom. The molecule has 1 aromatic heterocycles. The quantitative estimate of drug-likeness (QED) is 0.405. The molecule has 0 fully saturated rings. The van der Waals surface area contributed by atoms with Crippen molar-refractivity contribution in [2.75, 3.05) is 6.61 Å². The Morgan fingerprint density at radius 2 is 2.27 bits per heavy atom. The Bertz CT molecular complexity index is 391. The summed E-state index contributed by atoms with van der Waals surface area (Å²) in [5, 5.41) is 12.2. The van der Waals surface area contributed by atoms with Crippen LogP contribution in [0, 0.1) is 0 Å². The second-order valence-corrected chi connectivity index (χ2v) is 2.49. The molecule has 3 N–H and O–H groups in total. The molecule has 0 atom stereocenters. The van der Waals surface area contributed by atoms with Crippen molar-refractivity contribution < 1.29 is 14.7 Å². The zero-order valence-corrected chi connectivity index (χ0v) is 8.04. The second kappa shape index (κ2) is 4.89. The average molecular weight is 210 g/mol. The molecule has 0 aliphatic rings. The maximum absolute atomic E-state index is 10.6. The van der Waals surface area contributed by atoms with E-state index in [1.807, 2.05) is 0 Å². The minimum atomic E-state index is -1.17. The molecule has 7 nitrogen and oxygen atoms in total. The maximum Gasteiger partial charge on any atom is 0.356 e. The fourth-order valence-electron chi connectivity index (χ4n) is 0.773. The van der Waals surface area contributed by atoms with Crippen LogP contribution in [0.1, 0.15) is 23.1 Å². The molecule has 0 saturated carbocycles. The van der Waals surface area contributed by atoms with Crippen molar-refractivity contribution >= 4 is 11.8 Å². The van der Waals surface area contributed by atoms with Crippen LogP contribution in [0.3, 0.4) is 0 Å². The molecule has 0 bridgehead atoms. The van der Waals surface area contributed by atoms with Crippen LogP contribution < -0.4 is 5.73 Å². The third kappa shape index (κ3) is 2.90. The molecule has 7 heteroatoms. The summed E-state index contributed by atoms with van der Waals surface area (Å²) >= 11 is 0. The van der Waals surface area contributed by atoms with E-state index in [2.05, 4.69) is 15.1 Å². The van der Waals surface area contributed by atoms with Gasteiger partial charge >= 0.3 is 5.97 Å². The molecule has 0 unspecified atom stereocenters. The molecular weight excluding hydrogens is 200 g/mol. The fourth-order valence-corrected chi connectivity index (χ4v) is 0.773. The van der Waals surface area contributed by atoms with Gasteiger partial charge in [0.05, 0.1) is 12.4 Å². The highest BCUT2D eigenvalue weighted by Crippen LogP contribution is 1.96. The van der Waals surface area contributed by atoms with Crippen LogP contribution in [-0.4, -0.2) is 33.5 Å². The minimum Gasteiger partial charge on any atom is -0.476 e. The first-order valence-corrected chi connectivity index (χ1v) is 4.16. The van der Waals surface area contributed by atoms with E-state index in [0.717, 1.165) is 6.20 Å². The Labute approximate surface area is 85.6 Å². The van der Waals surface area contributed by atoms with Crippen molar-refractivity contribution in [2.45, 2.75) is 6.92 Å². The number of carbonyl (C=O) groups is 1. The van der Waals surface area contributed by atoms with Gasteiger partial charge in [0, 0.05) is 0 Å². The number of aromatic nitrogens is 2. The summed E-state index contributed by atoms with van der Waals surface area (Å²) in [4.78, 5) is 22.7. The third-order valence-corrected chi connectivity index (χ3v) is 1.41. The highest BCUT2D eigenvalue weighted by molar-refractivity contribution is 5.96. The lowest BCUT2D eigenvalue weighted by Crippen LogP contribution is -2.18. The molecule has 15 heavy (non-hydrogen) atoms. The van der Waals surface area contributed by atoms with Crippen molar-refractivity contribution in [3.63, 3.8) is 0 Å². The normalized spacial score (nSPS) is 11.1. The molecule has 1 rings (SSSR count). The zero-order valence-electron chi connectivity index (χ0n) is 8.04. The van der Waals surface area contributed by atoms with Crippen LogP contribution in [0.4, 0.5) is 0 Å². The molecule has 0 aliphatic heterocycles. The first-order chi connectivity index (χ1) is 7.15. The molecule has 0 aliphatic carbocycles. The number of nitrogens with two attached hydrogens (primary N) is 1. The van der Waals surface area contributed by atoms with Crippen LogP contribution in [0.25, 0.3) is 0 Å². The lowest BCUT2D eigenvalue weighted by atomic mass is 10.4. The average Bonchev–Trinajstić information content (AvgIpc) is 2.26. The predicted molar refractivity (Wildman–Crippen MR) is 51.3 cm³/mol. The number of nitrogens with zero attached hydrogens (tertiary/aromatic N) is 3. The van der Waals surface area contributed by atoms with Gasteiger partial charge in [-0.1, -0.05) is 5.16 Å². The Kier molecular flexibility index (Phi) is 3.55. The Balaban J connectivity index is 2.95. The van der Waals surface area contributed by atoms with Crippen LogP contribution in [0.5, 0.6) is 0 Å². The van der Waals surface area contributed by atoms with E-state index in [0.29, 0.717) is 6.61 Å². The lowest BCUT2D eigenvalue weighted by molar-refractivity contribution is 0.0690. The van der Waals surface area contributed by atoms with Gasteiger partial charge in [0.25, 0.3) is 0 Å². The number of rotatable bonds is 4. The van der Waals surface area contributed by atoms with E-state index in [1.54, 1.807) is 6.92 Å². The smallest absolute Gasteiger partial charge is 0.356 e. The summed E-state index contributed by atoms with van der Waals surface area (Å²) in [7, 11) is 0. The number of carboxylic acids is 1. The molecule has 1 heterocycles. The van der Waals surface area contributed by atoms with Crippen molar-refractivity contribution in [1.29, 1.82) is 0 Å². The van der Waals surface area contributed by atoms with E-state index in [4.69, 9.17) is 15.7 Å². The fraction of sp³-hybridized carbons (Fsp3) is 0.250. The van der Waals surface area contributed by atoms with Gasteiger partial charge in [-0.25, -0.2) is 9.78 Å². The van der Waals surface area contributed by atoms with E-state index >= 15 is 0 Å². The number of oxime groups is 1. The molecule has 0 aromatic carbocycles. The van der Waals surface area contributed by atoms with E-state index in [9.17, 15) is 4.79 Å². The summed E-state index contributed by atoms with van der Waals surface area (Å²) in [5.41, 5.74) is 5.46. The standard InChI is InChI=1S/C8H10N4O3/c1-2-15-12-7(9)5-3-10-4-6(11-5)8(13)14/h3-4H,2H2,1H3,(H2,9,12)(H,13,14). The number of carboxylic acid groups (broad SMARTS) is 1. The van der Waals surface area contributed by atoms with Crippen molar-refractivity contribution in [1.82, 2.24) is 9.97 Å². The first kappa shape index (κ1) is 10.9. The Hall–Kier alpha value is -2.18. The molecule has 80 valence electrons. The van der Waals surface area contributed by atoms with Gasteiger partial charge in [0.15, 0.2) is 11.5 Å². The summed E-state index contributed by atoms with van der Waals surface area (Å²) < 4.78 is 0. The van der Waals surface area contributed by atoms with E-state index < -0.39 is 5.97 Å². The summed E-state index contributed by atoms with van der Waals surface area (Å²) in [5.74, 6) is -1.18. The van der Waals surface area contributed by atoms with Gasteiger partial charge in [0.1, 0.15) is 12.3 Å². The van der Waals surface area contributed by atoms with Gasteiger partial charge in [0.2, 0.25) is 0 Å². The molecule has 0 amide bonds. The van der Waals surface area contributed by atoms with Gasteiger partial charge in [-0.3, -0.25) is 4.98 Å². The highest BCUT2D eigenvalue weighted by Gasteiger charge is 2.08. The molecule has 0 radical (unpaired) electrons. The van der Waals surface area contributed by atoms with Crippen molar-refractivity contribution in [2.24, 2.45) is 10.9 Å². The number of hydrogen-bond donors (Lipinski definition) is 2. The lowest BCUT2D eigenvalue weighted by Gasteiger charge is -2.00. The van der Waals surface area contributed by atoms with Gasteiger partial charge in [-0.05, 0) is 6.92 Å². The van der Waals surface area contributed by atoms with Crippen molar-refractivity contribution in [3.05, 3.63) is 23.8 Å². The van der Waals surface area contributed by atoms with Crippen LogP contribution in [0.15, 0.2) is 17.5 Å². The van der Waals surface area contributed by atoms with E-state index in [-0.39, 0.29) is 17.2 Å². The monoisotopic (exact) mass is 210 g/mol. The molecule has 0 spiro atoms. The second-order valence-electron chi connectivity index (χ2n) is 2.49. The highest BCUT2D eigenvalue weighted by atomic mass is 16.6. The number of hydrogen-bond acceptors (Lipinski definition) is 5. The van der Waals surface area contributed by atoms with Crippen LogP contribution in [-0.2, 0) is 4.84 Å². The number of amidine groups is 1. The third-order valence-electron chi connectivity index (χ3n) is 1.41. The summed E-state index contributed by atoms with van der Waals surface area (Å²) in [6.07, 6.45) is 2.43. The van der Waals surface area contributed by atoms with Gasteiger partial charge in [-0.2, -0.15) is 0 Å². The molecular formula is C8H10N4O3. The minimum absolute atomic E-state index is 0.00699. The van der Waals surface area contributed by atoms with E-state index in [1.165, 1.54) is 6.20 Å². The maximum atomic E-state index is 10.6. The zero-order chi connectivity index (χ0) is 11.3.